The summed E-state index contributed by atoms with van der Waals surface area (Å²) >= 11 is 0. The fraction of sp³-hybridized carbons (Fsp3) is 0.419. The second-order valence-corrected chi connectivity index (χ2v) is 10.2. The maximum absolute atomic E-state index is 13.5. The lowest BCUT2D eigenvalue weighted by atomic mass is 9.98. The molecule has 202 valence electrons. The van der Waals surface area contributed by atoms with Crippen molar-refractivity contribution in [3.8, 4) is 11.5 Å². The highest BCUT2D eigenvalue weighted by molar-refractivity contribution is 5.94. The van der Waals surface area contributed by atoms with Gasteiger partial charge in [0.2, 0.25) is 0 Å². The molecule has 2 aromatic carbocycles. The van der Waals surface area contributed by atoms with E-state index < -0.39 is 12.1 Å². The lowest BCUT2D eigenvalue weighted by Gasteiger charge is -2.33. The number of aromatic nitrogens is 1. The number of aliphatic hydroxyl groups is 1. The molecule has 1 aliphatic rings. The third-order valence-electron chi connectivity index (χ3n) is 6.93. The van der Waals surface area contributed by atoms with Gasteiger partial charge in [0, 0.05) is 31.9 Å². The number of hydrogen-bond donors (Lipinski definition) is 2. The summed E-state index contributed by atoms with van der Waals surface area (Å²) in [7, 11) is 1.75. The van der Waals surface area contributed by atoms with Gasteiger partial charge in [-0.25, -0.2) is 0 Å². The van der Waals surface area contributed by atoms with E-state index in [9.17, 15) is 9.90 Å². The van der Waals surface area contributed by atoms with Crippen LogP contribution in [-0.4, -0.2) is 59.8 Å². The number of pyridine rings is 1. The van der Waals surface area contributed by atoms with Gasteiger partial charge in [0.1, 0.15) is 11.5 Å². The molecule has 0 saturated heterocycles. The summed E-state index contributed by atoms with van der Waals surface area (Å²) in [5.41, 5.74) is 3.69. The first-order chi connectivity index (χ1) is 18.4. The van der Waals surface area contributed by atoms with Gasteiger partial charge in [-0.15, -0.1) is 0 Å². The van der Waals surface area contributed by atoms with Crippen LogP contribution in [0.1, 0.15) is 59.8 Å². The summed E-state index contributed by atoms with van der Waals surface area (Å²) in [6.07, 6.45) is 3.23. The van der Waals surface area contributed by atoms with Gasteiger partial charge in [-0.05, 0) is 78.8 Å². The number of rotatable bonds is 6. The summed E-state index contributed by atoms with van der Waals surface area (Å²) in [5.74, 6) is 1.71. The first kappa shape index (κ1) is 27.6. The predicted molar refractivity (Wildman–Crippen MR) is 149 cm³/mol. The van der Waals surface area contributed by atoms with Crippen molar-refractivity contribution < 1.29 is 19.4 Å². The van der Waals surface area contributed by atoms with E-state index in [1.54, 1.807) is 24.1 Å². The highest BCUT2D eigenvalue weighted by atomic mass is 16.5. The molecule has 0 aliphatic carbocycles. The molecule has 0 spiro atoms. The Morgan fingerprint density at radius 1 is 1.03 bits per heavy atom. The van der Waals surface area contributed by atoms with Crippen molar-refractivity contribution in [2.75, 3.05) is 26.8 Å². The average Bonchev–Trinajstić information content (AvgIpc) is 2.93. The Labute approximate surface area is 225 Å². The molecule has 3 aromatic rings. The Morgan fingerprint density at radius 3 is 2.47 bits per heavy atom. The number of fused-ring (bicyclic) bond motifs is 4. The fourth-order valence-electron chi connectivity index (χ4n) is 4.63. The van der Waals surface area contributed by atoms with Gasteiger partial charge in [-0.1, -0.05) is 32.0 Å². The number of likely N-dealkylation sites (N-methyl/N-ethyl adjacent to an activating group) is 1. The maximum Gasteiger partial charge on any atom is 0.254 e. The van der Waals surface area contributed by atoms with Gasteiger partial charge in [0.25, 0.3) is 5.91 Å². The molecule has 38 heavy (non-hydrogen) atoms. The van der Waals surface area contributed by atoms with E-state index in [2.05, 4.69) is 30.2 Å². The number of ether oxygens (including phenoxy) is 2. The molecule has 7 heteroatoms. The van der Waals surface area contributed by atoms with Gasteiger partial charge in [0.05, 0.1) is 31.1 Å². The first-order valence-corrected chi connectivity index (χ1v) is 13.5. The SMILES string of the molecule is CC(C)c1ccnc(CNC[C@@H](O)[C@@H]2Cc3cccc(c3)OCCCCOc3cccc(c3)C(=O)N2C)c1. The Kier molecular flexibility index (Phi) is 9.73. The largest absolute Gasteiger partial charge is 0.494 e. The smallest absolute Gasteiger partial charge is 0.254 e. The zero-order valence-corrected chi connectivity index (χ0v) is 22.6. The number of nitrogens with one attached hydrogen (secondary N) is 1. The van der Waals surface area contributed by atoms with Crippen LogP contribution in [0.15, 0.2) is 66.9 Å². The quantitative estimate of drug-likeness (QED) is 0.498. The van der Waals surface area contributed by atoms with Crippen molar-refractivity contribution >= 4 is 5.91 Å². The molecule has 1 amide bonds. The number of carbonyl (C=O) groups is 1. The van der Waals surface area contributed by atoms with E-state index in [4.69, 9.17) is 9.47 Å². The first-order valence-electron chi connectivity index (χ1n) is 13.5. The lowest BCUT2D eigenvalue weighted by molar-refractivity contribution is 0.0440. The Hall–Kier alpha value is -3.42. The van der Waals surface area contributed by atoms with Crippen LogP contribution in [0.5, 0.6) is 11.5 Å². The lowest BCUT2D eigenvalue weighted by Crippen LogP contribution is -2.49. The maximum atomic E-state index is 13.5. The summed E-state index contributed by atoms with van der Waals surface area (Å²) < 4.78 is 11.8. The van der Waals surface area contributed by atoms with Crippen LogP contribution < -0.4 is 14.8 Å². The van der Waals surface area contributed by atoms with Crippen molar-refractivity contribution in [1.29, 1.82) is 0 Å². The molecule has 0 fully saturated rings. The monoisotopic (exact) mass is 517 g/mol. The molecule has 0 saturated carbocycles. The number of hydrogen-bond acceptors (Lipinski definition) is 6. The van der Waals surface area contributed by atoms with Crippen LogP contribution in [-0.2, 0) is 13.0 Å². The molecular formula is C31H39N3O4. The molecule has 1 aromatic heterocycles. The molecule has 4 bridgehead atoms. The summed E-state index contributed by atoms with van der Waals surface area (Å²) in [5, 5.41) is 14.7. The normalized spacial score (nSPS) is 17.6. The van der Waals surface area contributed by atoms with Crippen molar-refractivity contribution in [1.82, 2.24) is 15.2 Å². The van der Waals surface area contributed by atoms with Gasteiger partial charge >= 0.3 is 0 Å². The van der Waals surface area contributed by atoms with E-state index in [1.807, 2.05) is 48.7 Å². The number of amides is 1. The second-order valence-electron chi connectivity index (χ2n) is 10.2. The molecule has 7 nitrogen and oxygen atoms in total. The van der Waals surface area contributed by atoms with E-state index in [0.717, 1.165) is 29.8 Å². The predicted octanol–water partition coefficient (Wildman–Crippen LogP) is 4.59. The van der Waals surface area contributed by atoms with Gasteiger partial charge < -0.3 is 24.8 Å². The third kappa shape index (κ3) is 7.55. The number of benzene rings is 2. The molecule has 2 N–H and O–H groups in total. The van der Waals surface area contributed by atoms with Crippen LogP contribution in [0.25, 0.3) is 0 Å². The highest BCUT2D eigenvalue weighted by Gasteiger charge is 2.28. The van der Waals surface area contributed by atoms with Gasteiger partial charge in [-0.2, -0.15) is 0 Å². The van der Waals surface area contributed by atoms with Crippen molar-refractivity contribution in [2.45, 2.75) is 57.7 Å². The summed E-state index contributed by atoms with van der Waals surface area (Å²) in [6, 6.07) is 18.8. The second kappa shape index (κ2) is 13.4. The van der Waals surface area contributed by atoms with Gasteiger partial charge in [-0.3, -0.25) is 9.78 Å². The van der Waals surface area contributed by atoms with Crippen LogP contribution in [0.2, 0.25) is 0 Å². The van der Waals surface area contributed by atoms with Crippen LogP contribution in [0.3, 0.4) is 0 Å². The minimum atomic E-state index is -0.805. The number of nitrogens with zero attached hydrogens (tertiary/aromatic N) is 2. The van der Waals surface area contributed by atoms with Crippen LogP contribution >= 0.6 is 0 Å². The van der Waals surface area contributed by atoms with E-state index in [1.165, 1.54) is 5.56 Å². The van der Waals surface area contributed by atoms with E-state index in [0.29, 0.717) is 50.0 Å². The van der Waals surface area contributed by atoms with Crippen molar-refractivity contribution in [2.24, 2.45) is 0 Å². The highest BCUT2D eigenvalue weighted by Crippen LogP contribution is 2.22. The number of aliphatic hydroxyl groups excluding tert-OH is 1. The van der Waals surface area contributed by atoms with E-state index in [-0.39, 0.29) is 5.91 Å². The topological polar surface area (TPSA) is 83.9 Å². The molecule has 0 radical (unpaired) electrons. The molecular weight excluding hydrogens is 478 g/mol. The number of carbonyl (C=O) groups excluding carboxylic acids is 1. The van der Waals surface area contributed by atoms with Crippen LogP contribution in [0, 0.1) is 0 Å². The summed E-state index contributed by atoms with van der Waals surface area (Å²) in [4.78, 5) is 19.6. The zero-order chi connectivity index (χ0) is 26.9. The standard InChI is InChI=1S/C31H39N3O4/c1-22(2)24-12-13-33-26(18-24)20-32-21-30(35)29-17-23-8-6-10-27(16-23)37-14-4-5-15-38-28-11-7-9-25(19-28)31(36)34(29)3/h6-13,16,18-19,22,29-30,32,35H,4-5,14-15,17,20-21H2,1-3H3/t29-,30+/m0/s1. The molecule has 4 rings (SSSR count). The van der Waals surface area contributed by atoms with Crippen LogP contribution in [0.4, 0.5) is 0 Å². The van der Waals surface area contributed by atoms with E-state index >= 15 is 0 Å². The molecule has 2 heterocycles. The Morgan fingerprint density at radius 2 is 1.74 bits per heavy atom. The average molecular weight is 518 g/mol. The fourth-order valence-corrected chi connectivity index (χ4v) is 4.63. The molecule has 0 unspecified atom stereocenters. The van der Waals surface area contributed by atoms with Gasteiger partial charge in [0.15, 0.2) is 0 Å². The molecule has 1 aliphatic heterocycles. The molecule has 2 atom stereocenters. The van der Waals surface area contributed by atoms with Crippen molar-refractivity contribution in [3.05, 3.63) is 89.2 Å². The van der Waals surface area contributed by atoms with Crippen molar-refractivity contribution in [3.63, 3.8) is 0 Å². The minimum absolute atomic E-state index is 0.162. The Bertz CT molecular complexity index is 1200. The Balaban J connectivity index is 1.53. The summed E-state index contributed by atoms with van der Waals surface area (Å²) in [6.45, 7) is 6.31. The zero-order valence-electron chi connectivity index (χ0n) is 22.6. The third-order valence-corrected chi connectivity index (χ3v) is 6.93. The minimum Gasteiger partial charge on any atom is -0.494 e.